The monoisotopic (exact) mass is 410 g/mol. The van der Waals surface area contributed by atoms with Gasteiger partial charge in [0.15, 0.2) is 12.4 Å². The van der Waals surface area contributed by atoms with Crippen molar-refractivity contribution < 1.29 is 4.79 Å². The molecule has 0 bridgehead atoms. The summed E-state index contributed by atoms with van der Waals surface area (Å²) in [6.07, 6.45) is -0.0162. The Morgan fingerprint density at radius 3 is 1.12 bits per heavy atom. The molecule has 0 saturated carbocycles. The molecule has 0 rings (SSSR count). The minimum Gasteiger partial charge on any atom is -0.300 e. The lowest BCUT2D eigenvalue weighted by Crippen LogP contribution is -2.07. The van der Waals surface area contributed by atoms with Gasteiger partial charge in [-0.2, -0.15) is 0 Å². The molecular weight excluding hydrogens is 407 g/mol. The zero-order valence-corrected chi connectivity index (χ0v) is 14.5. The quantitative estimate of drug-likeness (QED) is 0.460. The van der Waals surface area contributed by atoms with Gasteiger partial charge in [-0.3, -0.25) is 4.79 Å². The van der Waals surface area contributed by atoms with Gasteiger partial charge < -0.3 is 0 Å². The van der Waals surface area contributed by atoms with E-state index in [0.29, 0.717) is 0 Å². The van der Waals surface area contributed by atoms with Crippen LogP contribution in [0.1, 0.15) is 13.3 Å². The summed E-state index contributed by atoms with van der Waals surface area (Å²) in [6.45, 7) is 1.38. The van der Waals surface area contributed by atoms with Gasteiger partial charge in [0, 0.05) is 0 Å². The van der Waals surface area contributed by atoms with E-state index in [4.69, 9.17) is 104 Å². The van der Waals surface area contributed by atoms with Crippen molar-refractivity contribution in [3.63, 3.8) is 0 Å². The summed E-state index contributed by atoms with van der Waals surface area (Å²) in [5.41, 5.74) is 0. The molecule has 100 valence electrons. The molecule has 0 aromatic carbocycles. The lowest BCUT2D eigenvalue weighted by atomic mass is 10.3. The molecule has 0 atom stereocenters. The maximum Gasteiger partial charge on any atom is 0.197 e. The molecule has 0 unspecified atom stereocenters. The molecule has 0 aliphatic heterocycles. The van der Waals surface area contributed by atoms with Crippen LogP contribution < -0.4 is 0 Å². The van der Waals surface area contributed by atoms with E-state index in [1.807, 2.05) is 0 Å². The minimum atomic E-state index is -1.41. The minimum absolute atomic E-state index is 0.0162. The highest BCUT2D eigenvalue weighted by Gasteiger charge is 2.21. The highest BCUT2D eigenvalue weighted by molar-refractivity contribution is 6.68. The van der Waals surface area contributed by atoms with Crippen LogP contribution in [-0.2, 0) is 4.79 Å². The number of rotatable bonds is 1. The molecule has 0 fully saturated rings. The number of alkyl halides is 9. The first-order valence-electron chi connectivity index (χ1n) is 3.29. The van der Waals surface area contributed by atoms with E-state index in [9.17, 15) is 4.79 Å². The Labute approximate surface area is 139 Å². The van der Waals surface area contributed by atoms with Gasteiger partial charge >= 0.3 is 0 Å². The normalized spacial score (nSPS) is 10.2. The number of ketones is 1. The lowest BCUT2D eigenvalue weighted by molar-refractivity contribution is -0.116. The van der Waals surface area contributed by atoms with Gasteiger partial charge in [0.25, 0.3) is 0 Å². The van der Waals surface area contributed by atoms with Crippen molar-refractivity contribution in [2.24, 2.45) is 0 Å². The maximum atomic E-state index is 10.2. The second kappa shape index (κ2) is 13.7. The van der Waals surface area contributed by atoms with Crippen molar-refractivity contribution in [2.75, 3.05) is 0 Å². The third-order valence-electron chi connectivity index (χ3n) is 0.449. The zero-order chi connectivity index (χ0) is 13.9. The highest BCUT2D eigenvalue weighted by atomic mass is 35.6. The zero-order valence-electron chi connectivity index (χ0n) is 7.67. The largest absolute Gasteiger partial charge is 0.300 e. The summed E-state index contributed by atoms with van der Waals surface area (Å²) < 4.78 is -2.91. The third-order valence-corrected chi connectivity index (χ3v) is 0.850. The van der Waals surface area contributed by atoms with E-state index < -0.39 is 12.4 Å². The smallest absolute Gasteiger partial charge is 0.197 e. The Kier molecular flexibility index (Phi) is 20.0. The molecule has 0 amide bonds. The number of hydrogen-bond donors (Lipinski definition) is 0. The van der Waals surface area contributed by atoms with Gasteiger partial charge in [0.05, 0.1) is 6.42 Å². The molecule has 0 N–H and O–H groups in total. The van der Waals surface area contributed by atoms with E-state index in [2.05, 4.69) is 0 Å². The van der Waals surface area contributed by atoms with E-state index in [-0.39, 0.29) is 12.2 Å². The standard InChI is InChI=1S/C4H5Cl3O.2CHCl3/c1-3(8)2-4(5,6)7;2*2-1(3)4/h2H2,1H3;2*1H. The fraction of sp³-hybridized carbons (Fsp3) is 0.833. The Bertz CT molecular complexity index is 152. The topological polar surface area (TPSA) is 17.1 Å². The van der Waals surface area contributed by atoms with Crippen LogP contribution in [0, 0.1) is 0 Å². The Morgan fingerprint density at radius 1 is 0.938 bits per heavy atom. The van der Waals surface area contributed by atoms with E-state index in [0.717, 1.165) is 0 Å². The first kappa shape index (κ1) is 23.4. The average Bonchev–Trinajstić information content (AvgIpc) is 1.74. The number of carbonyl (C=O) groups excluding carboxylic acids is 1. The first-order valence-corrected chi connectivity index (χ1v) is 7.04. The van der Waals surface area contributed by atoms with E-state index >= 15 is 0 Å². The fourth-order valence-electron chi connectivity index (χ4n) is 0.282. The number of halogens is 9. The summed E-state index contributed by atoms with van der Waals surface area (Å²) in [5.74, 6) is -0.120. The predicted molar refractivity (Wildman–Crippen MR) is 78.3 cm³/mol. The molecule has 0 saturated heterocycles. The number of hydrogen-bond acceptors (Lipinski definition) is 1. The molecule has 0 aromatic rings. The van der Waals surface area contributed by atoms with Gasteiger partial charge in [0.1, 0.15) is 5.78 Å². The van der Waals surface area contributed by atoms with Crippen molar-refractivity contribution in [3.8, 4) is 0 Å². The van der Waals surface area contributed by atoms with Gasteiger partial charge in [-0.25, -0.2) is 0 Å². The SMILES string of the molecule is CC(=O)CC(Cl)(Cl)Cl.ClC(Cl)Cl.ClC(Cl)Cl. The fourth-order valence-corrected chi connectivity index (χ4v) is 0.847. The lowest BCUT2D eigenvalue weighted by Gasteiger charge is -2.05. The number of carbonyl (C=O) groups is 1. The molecule has 10 heteroatoms. The van der Waals surface area contributed by atoms with Gasteiger partial charge in [-0.15, -0.1) is 0 Å². The second-order valence-corrected chi connectivity index (χ2v) is 8.46. The van der Waals surface area contributed by atoms with Crippen LogP contribution in [0.25, 0.3) is 0 Å². The summed E-state index contributed by atoms with van der Waals surface area (Å²) in [5, 5.41) is 0. The molecule has 0 aliphatic carbocycles. The molecule has 0 radical (unpaired) electrons. The molecule has 0 spiro atoms. The van der Waals surface area contributed by atoms with Crippen molar-refractivity contribution in [1.82, 2.24) is 0 Å². The Morgan fingerprint density at radius 2 is 1.12 bits per heavy atom. The summed E-state index contributed by atoms with van der Waals surface area (Å²) in [4.78, 5) is 10.2. The van der Waals surface area contributed by atoms with Crippen LogP contribution >= 0.6 is 104 Å². The molecule has 1 nitrogen and oxygen atoms in total. The van der Waals surface area contributed by atoms with Crippen molar-refractivity contribution in [3.05, 3.63) is 0 Å². The van der Waals surface area contributed by atoms with Crippen LogP contribution in [0.4, 0.5) is 0 Å². The van der Waals surface area contributed by atoms with Crippen LogP contribution in [0.5, 0.6) is 0 Å². The molecular formula is C6H7Cl9O. The summed E-state index contributed by atoms with van der Waals surface area (Å²) in [7, 11) is 0. The molecule has 16 heavy (non-hydrogen) atoms. The van der Waals surface area contributed by atoms with Gasteiger partial charge in [-0.05, 0) is 6.92 Å². The molecule has 0 heterocycles. The third kappa shape index (κ3) is 71.7. The average molecular weight is 414 g/mol. The Hall–Kier alpha value is 2.28. The van der Waals surface area contributed by atoms with Crippen molar-refractivity contribution >= 4 is 110 Å². The molecule has 0 aromatic heterocycles. The van der Waals surface area contributed by atoms with E-state index in [1.165, 1.54) is 6.92 Å². The highest BCUT2D eigenvalue weighted by Crippen LogP contribution is 2.29. The first-order chi connectivity index (χ1) is 6.88. The number of Topliss-reactive ketones (excluding diaryl/α,β-unsaturated/α-hetero) is 1. The maximum absolute atomic E-state index is 10.2. The van der Waals surface area contributed by atoms with Crippen molar-refractivity contribution in [2.45, 2.75) is 25.7 Å². The Balaban J connectivity index is -0.000000179. The van der Waals surface area contributed by atoms with Crippen molar-refractivity contribution in [1.29, 1.82) is 0 Å². The van der Waals surface area contributed by atoms with Crippen LogP contribution in [0.15, 0.2) is 0 Å². The second-order valence-electron chi connectivity index (χ2n) is 1.99. The van der Waals surface area contributed by atoms with Crippen LogP contribution in [-0.4, -0.2) is 18.2 Å². The summed E-state index contributed by atoms with van der Waals surface area (Å²) in [6, 6.07) is 0. The summed E-state index contributed by atoms with van der Waals surface area (Å²) >= 11 is 44.5. The molecule has 0 aliphatic rings. The van der Waals surface area contributed by atoms with Gasteiger partial charge in [0.2, 0.25) is 0 Å². The van der Waals surface area contributed by atoms with E-state index in [1.54, 1.807) is 0 Å². The van der Waals surface area contributed by atoms with Crippen LogP contribution in [0.2, 0.25) is 0 Å². The van der Waals surface area contributed by atoms with Gasteiger partial charge in [-0.1, -0.05) is 104 Å². The van der Waals surface area contributed by atoms with Crippen LogP contribution in [0.3, 0.4) is 0 Å². The predicted octanol–water partition coefficient (Wildman–Crippen LogP) is 6.31.